The molecule has 8 nitrogen and oxygen atoms in total. The number of ether oxygens (including phenoxy) is 1. The van der Waals surface area contributed by atoms with Crippen molar-refractivity contribution in [3.8, 4) is 0 Å². The van der Waals surface area contributed by atoms with Crippen molar-refractivity contribution in [3.05, 3.63) is 29.3 Å². The van der Waals surface area contributed by atoms with Crippen LogP contribution in [0.2, 0.25) is 0 Å². The Labute approximate surface area is 202 Å². The predicted octanol–water partition coefficient (Wildman–Crippen LogP) is 4.02. The molecule has 3 amide bonds. The summed E-state index contributed by atoms with van der Waals surface area (Å²) in [7, 11) is 1.67. The number of hydrogen-bond acceptors (Lipinski definition) is 4. The number of anilines is 1. The van der Waals surface area contributed by atoms with Crippen molar-refractivity contribution in [2.45, 2.75) is 71.9 Å². The molecule has 2 aliphatic rings. The third-order valence-electron chi connectivity index (χ3n) is 6.91. The average Bonchev–Trinajstić information content (AvgIpc) is 2.78. The monoisotopic (exact) mass is 473 g/mol. The molecule has 1 saturated heterocycles. The minimum absolute atomic E-state index is 0.0759. The van der Waals surface area contributed by atoms with E-state index in [0.29, 0.717) is 38.2 Å². The van der Waals surface area contributed by atoms with E-state index in [4.69, 9.17) is 4.74 Å². The fourth-order valence-corrected chi connectivity index (χ4v) is 5.19. The van der Waals surface area contributed by atoms with Crippen molar-refractivity contribution in [1.29, 1.82) is 0 Å². The molecule has 0 spiro atoms. The van der Waals surface area contributed by atoms with E-state index in [9.17, 15) is 19.5 Å². The summed E-state index contributed by atoms with van der Waals surface area (Å²) in [4.78, 5) is 43.5. The zero-order valence-electron chi connectivity index (χ0n) is 21.2. The van der Waals surface area contributed by atoms with E-state index in [1.54, 1.807) is 7.11 Å². The lowest BCUT2D eigenvalue weighted by Crippen LogP contribution is -2.53. The molecule has 2 heterocycles. The smallest absolute Gasteiger partial charge is 0.407 e. The Morgan fingerprint density at radius 3 is 2.65 bits per heavy atom. The first-order valence-corrected chi connectivity index (χ1v) is 12.3. The average molecular weight is 474 g/mol. The fraction of sp³-hybridized carbons (Fsp3) is 0.654. The Morgan fingerprint density at radius 1 is 1.26 bits per heavy atom. The van der Waals surface area contributed by atoms with E-state index in [1.165, 1.54) is 4.90 Å². The van der Waals surface area contributed by atoms with Crippen LogP contribution in [0.1, 0.15) is 69.3 Å². The van der Waals surface area contributed by atoms with E-state index in [2.05, 4.69) is 0 Å². The van der Waals surface area contributed by atoms with Gasteiger partial charge in [-0.1, -0.05) is 19.9 Å². The molecule has 1 fully saturated rings. The summed E-state index contributed by atoms with van der Waals surface area (Å²) in [5.41, 5.74) is 1.92. The van der Waals surface area contributed by atoms with Crippen molar-refractivity contribution in [1.82, 2.24) is 9.80 Å². The number of benzene rings is 1. The molecule has 2 aliphatic heterocycles. The van der Waals surface area contributed by atoms with E-state index in [1.807, 2.05) is 55.7 Å². The van der Waals surface area contributed by atoms with Gasteiger partial charge in [-0.05, 0) is 63.6 Å². The molecule has 0 saturated carbocycles. The van der Waals surface area contributed by atoms with Gasteiger partial charge in [0.1, 0.15) is 0 Å². The van der Waals surface area contributed by atoms with E-state index in [0.717, 1.165) is 36.9 Å². The van der Waals surface area contributed by atoms with Crippen LogP contribution >= 0.6 is 0 Å². The van der Waals surface area contributed by atoms with Crippen LogP contribution in [0.25, 0.3) is 0 Å². The van der Waals surface area contributed by atoms with Crippen molar-refractivity contribution in [3.63, 3.8) is 0 Å². The number of likely N-dealkylation sites (tertiary alicyclic amines) is 1. The van der Waals surface area contributed by atoms with Gasteiger partial charge in [-0.15, -0.1) is 0 Å². The van der Waals surface area contributed by atoms with Crippen molar-refractivity contribution in [2.24, 2.45) is 5.41 Å². The second-order valence-electron chi connectivity index (χ2n) is 10.4. The maximum atomic E-state index is 13.7. The fourth-order valence-electron chi connectivity index (χ4n) is 5.19. The van der Waals surface area contributed by atoms with Gasteiger partial charge in [0.2, 0.25) is 5.91 Å². The van der Waals surface area contributed by atoms with Gasteiger partial charge in [-0.25, -0.2) is 4.79 Å². The number of unbranched alkanes of at least 4 members (excludes halogenated alkanes) is 1. The summed E-state index contributed by atoms with van der Waals surface area (Å²) in [6.07, 6.45) is 2.87. The number of carbonyl (C=O) groups excluding carboxylic acids is 2. The van der Waals surface area contributed by atoms with Crippen LogP contribution < -0.4 is 4.90 Å². The highest BCUT2D eigenvalue weighted by atomic mass is 16.5. The molecule has 188 valence electrons. The molecular formula is C26H39N3O5. The van der Waals surface area contributed by atoms with E-state index < -0.39 is 11.5 Å². The molecule has 1 aromatic rings. The Bertz CT molecular complexity index is 914. The Morgan fingerprint density at radius 2 is 2.00 bits per heavy atom. The summed E-state index contributed by atoms with van der Waals surface area (Å²) >= 11 is 0. The first-order valence-electron chi connectivity index (χ1n) is 12.3. The number of fused-ring (bicyclic) bond motifs is 1. The first-order chi connectivity index (χ1) is 16.1. The lowest BCUT2D eigenvalue weighted by molar-refractivity contribution is -0.127. The highest BCUT2D eigenvalue weighted by molar-refractivity contribution is 6.02. The van der Waals surface area contributed by atoms with Crippen LogP contribution in [0.3, 0.4) is 0 Å². The van der Waals surface area contributed by atoms with Crippen LogP contribution in [0.4, 0.5) is 10.5 Å². The summed E-state index contributed by atoms with van der Waals surface area (Å²) in [6.45, 7) is 9.92. The minimum atomic E-state index is -0.945. The van der Waals surface area contributed by atoms with Gasteiger partial charge in [-0.3, -0.25) is 9.59 Å². The van der Waals surface area contributed by atoms with Gasteiger partial charge >= 0.3 is 6.09 Å². The first kappa shape index (κ1) is 26.0. The summed E-state index contributed by atoms with van der Waals surface area (Å²) in [5, 5.41) is 9.44. The van der Waals surface area contributed by atoms with Gasteiger partial charge in [0.15, 0.2) is 0 Å². The molecule has 1 N–H and O–H groups in total. The zero-order chi connectivity index (χ0) is 25.0. The molecule has 8 heteroatoms. The third-order valence-corrected chi connectivity index (χ3v) is 6.91. The van der Waals surface area contributed by atoms with Crippen LogP contribution in [0.5, 0.6) is 0 Å². The Balaban J connectivity index is 1.89. The van der Waals surface area contributed by atoms with Crippen LogP contribution in [0.15, 0.2) is 18.2 Å². The molecule has 1 atom stereocenters. The van der Waals surface area contributed by atoms with Crippen LogP contribution in [0, 0.1) is 5.41 Å². The molecule has 34 heavy (non-hydrogen) atoms. The van der Waals surface area contributed by atoms with Gasteiger partial charge in [0, 0.05) is 56.1 Å². The highest BCUT2D eigenvalue weighted by Gasteiger charge is 2.39. The minimum Gasteiger partial charge on any atom is -0.465 e. The molecular weight excluding hydrogens is 434 g/mol. The second kappa shape index (κ2) is 10.8. The Kier molecular flexibility index (Phi) is 8.23. The SMILES string of the molecule is COCCCCN1C(=O)C(C)(C)Cc2ccc(C(=O)N(C(C)C)[C@@H]3CCCN(C(=O)O)C3)cc21. The molecule has 1 aromatic carbocycles. The molecule has 0 radical (unpaired) electrons. The number of carboxylic acid groups (broad SMARTS) is 1. The van der Waals surface area contributed by atoms with Gasteiger partial charge < -0.3 is 24.5 Å². The van der Waals surface area contributed by atoms with Gasteiger partial charge in [0.05, 0.1) is 6.04 Å². The second-order valence-corrected chi connectivity index (χ2v) is 10.4. The third kappa shape index (κ3) is 5.54. The van der Waals surface area contributed by atoms with Crippen LogP contribution in [-0.2, 0) is 16.0 Å². The largest absolute Gasteiger partial charge is 0.465 e. The Hall–Kier alpha value is -2.61. The maximum absolute atomic E-state index is 13.7. The number of rotatable bonds is 8. The number of piperidine rings is 1. The topological polar surface area (TPSA) is 90.4 Å². The molecule has 0 unspecified atom stereocenters. The lowest BCUT2D eigenvalue weighted by Gasteiger charge is -2.41. The van der Waals surface area contributed by atoms with E-state index in [-0.39, 0.29) is 23.9 Å². The van der Waals surface area contributed by atoms with E-state index >= 15 is 0 Å². The molecule has 0 aliphatic carbocycles. The summed E-state index contributed by atoms with van der Waals surface area (Å²) < 4.78 is 5.15. The number of methoxy groups -OCH3 is 1. The number of carbonyl (C=O) groups is 3. The number of hydrogen-bond donors (Lipinski definition) is 1. The normalized spacial score (nSPS) is 19.8. The summed E-state index contributed by atoms with van der Waals surface area (Å²) in [5.74, 6) is -0.0428. The summed E-state index contributed by atoms with van der Waals surface area (Å²) in [6, 6.07) is 5.44. The zero-order valence-corrected chi connectivity index (χ0v) is 21.2. The van der Waals surface area contributed by atoms with Crippen molar-refractivity contribution in [2.75, 3.05) is 38.3 Å². The van der Waals surface area contributed by atoms with Crippen molar-refractivity contribution >= 4 is 23.6 Å². The molecule has 0 aromatic heterocycles. The number of nitrogens with zero attached hydrogens (tertiary/aromatic N) is 3. The lowest BCUT2D eigenvalue weighted by atomic mass is 9.79. The van der Waals surface area contributed by atoms with Gasteiger partial charge in [-0.2, -0.15) is 0 Å². The predicted molar refractivity (Wildman–Crippen MR) is 131 cm³/mol. The van der Waals surface area contributed by atoms with Crippen molar-refractivity contribution < 1.29 is 24.2 Å². The standard InChI is InChI=1S/C26H39N3O5/c1-18(2)29(21-9-8-12-27(17-21)25(32)33)23(30)19-10-11-20-16-26(3,4)24(31)28(22(20)15-19)13-6-7-14-34-5/h10-11,15,18,21H,6-9,12-14,16-17H2,1-5H3,(H,32,33)/t21-/m1/s1. The van der Waals surface area contributed by atoms with Gasteiger partial charge in [0.25, 0.3) is 5.91 Å². The molecule has 3 rings (SSSR count). The quantitative estimate of drug-likeness (QED) is 0.576. The highest BCUT2D eigenvalue weighted by Crippen LogP contribution is 2.38. The number of amides is 3. The maximum Gasteiger partial charge on any atom is 0.407 e. The van der Waals surface area contributed by atoms with Crippen LogP contribution in [-0.4, -0.2) is 78.2 Å². The molecule has 0 bridgehead atoms.